The largest absolute Gasteiger partial charge is 0.297 e. The predicted molar refractivity (Wildman–Crippen MR) is 68.2 cm³/mol. The summed E-state index contributed by atoms with van der Waals surface area (Å²) in [5.74, 6) is 0.0679. The van der Waals surface area contributed by atoms with Crippen LogP contribution in [-0.2, 0) is 16.4 Å². The average Bonchev–Trinajstić information content (AvgIpc) is 2.77. The monoisotopic (exact) mass is 272 g/mol. The van der Waals surface area contributed by atoms with Gasteiger partial charge in [-0.1, -0.05) is 6.92 Å². The summed E-state index contributed by atoms with van der Waals surface area (Å²) in [6.45, 7) is 1.76. The van der Waals surface area contributed by atoms with E-state index >= 15 is 0 Å². The number of sulfone groups is 1. The van der Waals surface area contributed by atoms with Crippen molar-refractivity contribution in [2.75, 3.05) is 11.5 Å². The van der Waals surface area contributed by atoms with Crippen LogP contribution in [0.4, 0.5) is 0 Å². The second kappa shape index (κ2) is 4.58. The summed E-state index contributed by atoms with van der Waals surface area (Å²) in [5.41, 5.74) is 0.492. The van der Waals surface area contributed by atoms with Gasteiger partial charge in [0.15, 0.2) is 9.84 Å². The fourth-order valence-corrected chi connectivity index (χ4v) is 2.98. The molecule has 2 heterocycles. The van der Waals surface area contributed by atoms with E-state index in [0.717, 1.165) is 0 Å². The van der Waals surface area contributed by atoms with Crippen LogP contribution < -0.4 is 5.56 Å². The van der Waals surface area contributed by atoms with Crippen LogP contribution in [0.1, 0.15) is 6.92 Å². The van der Waals surface area contributed by atoms with Crippen LogP contribution in [0.5, 0.6) is 0 Å². The highest BCUT2D eigenvalue weighted by molar-refractivity contribution is 7.91. The van der Waals surface area contributed by atoms with E-state index in [0.29, 0.717) is 10.2 Å². The van der Waals surface area contributed by atoms with Crippen LogP contribution in [0.15, 0.2) is 22.6 Å². The van der Waals surface area contributed by atoms with Gasteiger partial charge in [-0.2, -0.15) is 0 Å². The molecular weight excluding hydrogens is 260 g/mol. The molecule has 5 nitrogen and oxygen atoms in total. The van der Waals surface area contributed by atoms with E-state index < -0.39 is 9.84 Å². The van der Waals surface area contributed by atoms with Gasteiger partial charge in [0.25, 0.3) is 5.56 Å². The summed E-state index contributed by atoms with van der Waals surface area (Å²) in [7, 11) is -3.06. The first-order valence-corrected chi connectivity index (χ1v) is 7.86. The van der Waals surface area contributed by atoms with E-state index in [1.807, 2.05) is 0 Å². The molecule has 0 amide bonds. The summed E-state index contributed by atoms with van der Waals surface area (Å²) in [4.78, 5) is 16.0. The number of fused-ring (bicyclic) bond motifs is 1. The molecule has 0 N–H and O–H groups in total. The second-order valence-corrected chi connectivity index (χ2v) is 7.00. The van der Waals surface area contributed by atoms with Gasteiger partial charge in [0.1, 0.15) is 4.70 Å². The minimum atomic E-state index is -3.06. The lowest BCUT2D eigenvalue weighted by atomic mass is 10.5. The number of rotatable bonds is 4. The summed E-state index contributed by atoms with van der Waals surface area (Å²) in [6.07, 6.45) is 1.41. The van der Waals surface area contributed by atoms with Gasteiger partial charge in [-0.3, -0.25) is 9.36 Å². The van der Waals surface area contributed by atoms with Gasteiger partial charge in [-0.25, -0.2) is 13.4 Å². The molecule has 0 bridgehead atoms. The minimum absolute atomic E-state index is 0.0258. The van der Waals surface area contributed by atoms with Crippen LogP contribution in [-0.4, -0.2) is 29.5 Å². The van der Waals surface area contributed by atoms with Gasteiger partial charge < -0.3 is 0 Å². The van der Waals surface area contributed by atoms with Gasteiger partial charge in [0.05, 0.1) is 17.6 Å². The molecule has 0 saturated heterocycles. The van der Waals surface area contributed by atoms with E-state index in [9.17, 15) is 13.2 Å². The van der Waals surface area contributed by atoms with Crippen molar-refractivity contribution in [3.05, 3.63) is 28.1 Å². The molecule has 0 aliphatic heterocycles. The molecule has 2 aromatic rings. The highest BCUT2D eigenvalue weighted by atomic mass is 32.2. The number of aryl methyl sites for hydroxylation is 1. The van der Waals surface area contributed by atoms with Crippen LogP contribution in [0.25, 0.3) is 10.2 Å². The molecule has 2 rings (SSSR count). The van der Waals surface area contributed by atoms with Crippen molar-refractivity contribution in [3.8, 4) is 0 Å². The maximum Gasteiger partial charge on any atom is 0.271 e. The van der Waals surface area contributed by atoms with Gasteiger partial charge in [-0.05, 0) is 11.4 Å². The predicted octanol–water partition coefficient (Wildman–Crippen LogP) is 0.893. The standard InChI is InChI=1S/C10H12N2O3S2/c1-2-17(14,15)6-4-12-7-11-8-3-5-16-9(8)10(12)13/h3,5,7H,2,4,6H2,1H3. The Kier molecular flexibility index (Phi) is 3.30. The van der Waals surface area contributed by atoms with E-state index in [-0.39, 0.29) is 23.6 Å². The lowest BCUT2D eigenvalue weighted by Gasteiger charge is -2.04. The van der Waals surface area contributed by atoms with Crippen molar-refractivity contribution in [2.45, 2.75) is 13.5 Å². The number of hydrogen-bond donors (Lipinski definition) is 0. The minimum Gasteiger partial charge on any atom is -0.297 e. The lowest BCUT2D eigenvalue weighted by molar-refractivity contribution is 0.588. The highest BCUT2D eigenvalue weighted by Crippen LogP contribution is 2.13. The highest BCUT2D eigenvalue weighted by Gasteiger charge is 2.10. The molecule has 0 fully saturated rings. The normalized spacial score (nSPS) is 12.1. The number of aromatic nitrogens is 2. The number of nitrogens with zero attached hydrogens (tertiary/aromatic N) is 2. The van der Waals surface area contributed by atoms with Crippen LogP contribution in [0.3, 0.4) is 0 Å². The van der Waals surface area contributed by atoms with E-state index in [4.69, 9.17) is 0 Å². The molecule has 0 atom stereocenters. The van der Waals surface area contributed by atoms with Crippen molar-refractivity contribution < 1.29 is 8.42 Å². The van der Waals surface area contributed by atoms with Crippen LogP contribution in [0, 0.1) is 0 Å². The van der Waals surface area contributed by atoms with Crippen molar-refractivity contribution in [3.63, 3.8) is 0 Å². The molecule has 0 aliphatic rings. The number of thiophene rings is 1. The van der Waals surface area contributed by atoms with Crippen molar-refractivity contribution >= 4 is 31.4 Å². The third-order valence-electron chi connectivity index (χ3n) is 2.52. The fourth-order valence-electron chi connectivity index (χ4n) is 1.42. The van der Waals surface area contributed by atoms with Crippen molar-refractivity contribution in [1.29, 1.82) is 0 Å². The molecular formula is C10H12N2O3S2. The maximum absolute atomic E-state index is 11.9. The molecule has 0 spiro atoms. The summed E-state index contributed by atoms with van der Waals surface area (Å²) < 4.78 is 24.7. The molecule has 0 aliphatic carbocycles. The first-order valence-electron chi connectivity index (χ1n) is 5.16. The Balaban J connectivity index is 2.31. The molecule has 2 aromatic heterocycles. The quantitative estimate of drug-likeness (QED) is 0.829. The lowest BCUT2D eigenvalue weighted by Crippen LogP contribution is -2.24. The zero-order chi connectivity index (χ0) is 12.5. The van der Waals surface area contributed by atoms with Gasteiger partial charge in [0, 0.05) is 12.3 Å². The molecule has 0 saturated carbocycles. The van der Waals surface area contributed by atoms with Crippen molar-refractivity contribution in [1.82, 2.24) is 9.55 Å². The average molecular weight is 272 g/mol. The van der Waals surface area contributed by atoms with Crippen molar-refractivity contribution in [2.24, 2.45) is 0 Å². The zero-order valence-electron chi connectivity index (χ0n) is 9.29. The zero-order valence-corrected chi connectivity index (χ0v) is 10.9. The number of hydrogen-bond acceptors (Lipinski definition) is 5. The van der Waals surface area contributed by atoms with Gasteiger partial charge >= 0.3 is 0 Å². The van der Waals surface area contributed by atoms with E-state index in [1.54, 1.807) is 18.4 Å². The third kappa shape index (κ3) is 2.55. The Bertz CT molecular complexity index is 685. The topological polar surface area (TPSA) is 69.0 Å². The smallest absolute Gasteiger partial charge is 0.271 e. The Morgan fingerprint density at radius 3 is 2.94 bits per heavy atom. The SMILES string of the molecule is CCS(=O)(=O)CCn1cnc2ccsc2c1=O. The van der Waals surface area contributed by atoms with Gasteiger partial charge in [-0.15, -0.1) is 11.3 Å². The molecule has 0 aromatic carbocycles. The maximum atomic E-state index is 11.9. The Morgan fingerprint density at radius 1 is 1.47 bits per heavy atom. The first-order chi connectivity index (χ1) is 8.03. The molecule has 0 radical (unpaired) electrons. The summed E-state index contributed by atoms with van der Waals surface area (Å²) in [6, 6.07) is 1.77. The van der Waals surface area contributed by atoms with Crippen LogP contribution in [0.2, 0.25) is 0 Å². The second-order valence-electron chi connectivity index (χ2n) is 3.61. The summed E-state index contributed by atoms with van der Waals surface area (Å²) >= 11 is 1.32. The first kappa shape index (κ1) is 12.3. The fraction of sp³-hybridized carbons (Fsp3) is 0.400. The van der Waals surface area contributed by atoms with Crippen LogP contribution >= 0.6 is 11.3 Å². The molecule has 7 heteroatoms. The van der Waals surface area contributed by atoms with E-state index in [2.05, 4.69) is 4.98 Å². The molecule has 17 heavy (non-hydrogen) atoms. The molecule has 0 unspecified atom stereocenters. The molecule has 92 valence electrons. The Labute approximate surface area is 103 Å². The van der Waals surface area contributed by atoms with Gasteiger partial charge in [0.2, 0.25) is 0 Å². The Hall–Kier alpha value is -1.21. The third-order valence-corrected chi connectivity index (χ3v) is 5.09. The van der Waals surface area contributed by atoms with E-state index in [1.165, 1.54) is 22.2 Å². The Morgan fingerprint density at radius 2 is 2.24 bits per heavy atom. The summed E-state index contributed by atoms with van der Waals surface area (Å²) in [5, 5.41) is 1.80.